The molecule has 270 valence electrons. The lowest BCUT2D eigenvalue weighted by molar-refractivity contribution is -0.275. The third-order valence-corrected chi connectivity index (χ3v) is 10.2. The maximum atomic E-state index is 12.4. The topological polar surface area (TPSA) is 84.9 Å². The van der Waals surface area contributed by atoms with Gasteiger partial charge in [-0.2, -0.15) is 0 Å². The number of hydrogen-bond acceptors (Lipinski definition) is 5. The number of benzene rings is 2. The number of rotatable bonds is 7. The van der Waals surface area contributed by atoms with Crippen molar-refractivity contribution in [2.45, 2.75) is 102 Å². The second-order valence-corrected chi connectivity index (χ2v) is 14.4. The van der Waals surface area contributed by atoms with E-state index in [9.17, 15) is 41.0 Å². The standard InChI is InChI=1S/C17H19Cl2F3O2.C16H14Cl2F3NO3/c1-16(5-3-2-4-6-16)10-11(23)7-13-14(18)8-12(9-15(13)19)24-17(20,21)22;17-9-6-8(25-16(19,20)21)7-10(18)11(9)12-13(23)15(22-14(12)24)4-2-1-3-5-15/h8-9H,2-7,10H2,1H3;6-7,23H,1-5H2,(H,22,24). The van der Waals surface area contributed by atoms with Crippen molar-refractivity contribution in [3.63, 3.8) is 0 Å². The molecule has 16 heteroatoms. The molecule has 0 unspecified atom stereocenters. The van der Waals surface area contributed by atoms with Crippen molar-refractivity contribution in [1.82, 2.24) is 5.32 Å². The first-order valence-corrected chi connectivity index (χ1v) is 17.0. The van der Waals surface area contributed by atoms with Crippen molar-refractivity contribution in [2.75, 3.05) is 0 Å². The summed E-state index contributed by atoms with van der Waals surface area (Å²) in [5.74, 6) is -1.81. The zero-order valence-electron chi connectivity index (χ0n) is 26.2. The lowest BCUT2D eigenvalue weighted by Gasteiger charge is -2.33. The monoisotopic (exact) mass is 777 g/mol. The summed E-state index contributed by atoms with van der Waals surface area (Å²) in [6.07, 6.45) is 0.0477. The van der Waals surface area contributed by atoms with Gasteiger partial charge in [-0.05, 0) is 60.9 Å². The summed E-state index contributed by atoms with van der Waals surface area (Å²) in [6.45, 7) is 2.10. The fraction of sp³-hybridized carbons (Fsp3) is 0.515. The summed E-state index contributed by atoms with van der Waals surface area (Å²) in [4.78, 5) is 24.8. The van der Waals surface area contributed by atoms with E-state index in [-0.39, 0.29) is 54.6 Å². The van der Waals surface area contributed by atoms with Gasteiger partial charge < -0.3 is 19.9 Å². The molecule has 2 aliphatic carbocycles. The minimum atomic E-state index is -4.90. The van der Waals surface area contributed by atoms with E-state index in [1.807, 2.05) is 0 Å². The average molecular weight is 779 g/mol. The molecule has 1 spiro atoms. The third kappa shape index (κ3) is 10.3. The molecular weight excluding hydrogens is 746 g/mol. The van der Waals surface area contributed by atoms with Gasteiger partial charge in [-0.15, -0.1) is 26.3 Å². The van der Waals surface area contributed by atoms with Crippen LogP contribution in [0.15, 0.2) is 30.0 Å². The third-order valence-electron chi connectivity index (χ3n) is 8.88. The van der Waals surface area contributed by atoms with Gasteiger partial charge in [0.15, 0.2) is 0 Å². The Kier molecular flexibility index (Phi) is 12.3. The fourth-order valence-corrected chi connectivity index (χ4v) is 7.93. The number of Topliss-reactive ketones (excluding diaryl/α,β-unsaturated/α-hetero) is 1. The highest BCUT2D eigenvalue weighted by Crippen LogP contribution is 2.46. The average Bonchev–Trinajstić information content (AvgIpc) is 3.17. The van der Waals surface area contributed by atoms with Crippen LogP contribution in [0.2, 0.25) is 20.1 Å². The van der Waals surface area contributed by atoms with Crippen molar-refractivity contribution in [2.24, 2.45) is 5.41 Å². The van der Waals surface area contributed by atoms with Gasteiger partial charge in [-0.3, -0.25) is 9.59 Å². The Balaban J connectivity index is 0.000000221. The second kappa shape index (κ2) is 15.4. The predicted octanol–water partition coefficient (Wildman–Crippen LogP) is 11.4. The minimum Gasteiger partial charge on any atom is -0.509 e. The van der Waals surface area contributed by atoms with E-state index in [1.54, 1.807) is 0 Å². The van der Waals surface area contributed by atoms with E-state index in [4.69, 9.17) is 46.4 Å². The first-order chi connectivity index (χ1) is 22.7. The predicted molar refractivity (Wildman–Crippen MR) is 174 cm³/mol. The highest BCUT2D eigenvalue weighted by molar-refractivity contribution is 6.41. The Bertz CT molecular complexity index is 1550. The van der Waals surface area contributed by atoms with E-state index in [0.717, 1.165) is 69.2 Å². The Hall–Kier alpha value is -2.54. The van der Waals surface area contributed by atoms with Gasteiger partial charge >= 0.3 is 12.7 Å². The summed E-state index contributed by atoms with van der Waals surface area (Å²) < 4.78 is 81.4. The normalized spacial score (nSPS) is 18.9. The van der Waals surface area contributed by atoms with Crippen molar-refractivity contribution in [3.8, 4) is 11.5 Å². The molecule has 49 heavy (non-hydrogen) atoms. The van der Waals surface area contributed by atoms with Crippen LogP contribution in [0.5, 0.6) is 11.5 Å². The molecule has 2 aromatic rings. The number of ether oxygens (including phenoxy) is 2. The van der Waals surface area contributed by atoms with Crippen molar-refractivity contribution in [3.05, 3.63) is 61.2 Å². The molecule has 3 aliphatic rings. The Morgan fingerprint density at radius 1 is 0.776 bits per heavy atom. The quantitative estimate of drug-likeness (QED) is 0.273. The summed E-state index contributed by atoms with van der Waals surface area (Å²) >= 11 is 24.1. The highest BCUT2D eigenvalue weighted by Gasteiger charge is 2.47. The number of hydrogen-bond donors (Lipinski definition) is 2. The van der Waals surface area contributed by atoms with Crippen LogP contribution in [0, 0.1) is 5.41 Å². The van der Waals surface area contributed by atoms with Crippen LogP contribution < -0.4 is 14.8 Å². The number of nitrogens with one attached hydrogen (secondary N) is 1. The first-order valence-electron chi connectivity index (χ1n) is 15.5. The molecule has 2 aromatic carbocycles. The first kappa shape index (κ1) is 39.2. The zero-order chi connectivity index (χ0) is 36.4. The van der Waals surface area contributed by atoms with Gasteiger partial charge in [0.25, 0.3) is 5.91 Å². The SMILES string of the molecule is CC1(CC(=O)Cc2c(Cl)cc(OC(F)(F)F)cc2Cl)CCCCC1.O=C1NC2(CCCCC2)C(O)=C1c1c(Cl)cc(OC(F)(F)F)cc1Cl. The molecule has 0 bridgehead atoms. The fourth-order valence-electron chi connectivity index (χ4n) is 6.68. The molecule has 1 amide bonds. The van der Waals surface area contributed by atoms with Gasteiger partial charge in [0.2, 0.25) is 0 Å². The second-order valence-electron chi connectivity index (χ2n) is 12.8. The van der Waals surface area contributed by atoms with E-state index in [2.05, 4.69) is 21.7 Å². The molecule has 0 aromatic heterocycles. The maximum Gasteiger partial charge on any atom is 0.573 e. The van der Waals surface area contributed by atoms with Crippen LogP contribution >= 0.6 is 46.4 Å². The molecular formula is C33H33Cl4F6NO5. The summed E-state index contributed by atoms with van der Waals surface area (Å²) in [6, 6.07) is 3.89. The van der Waals surface area contributed by atoms with Crippen LogP contribution in [0.1, 0.15) is 88.7 Å². The number of aliphatic hydroxyl groups is 1. The van der Waals surface area contributed by atoms with E-state index in [1.165, 1.54) is 6.42 Å². The molecule has 6 nitrogen and oxygen atoms in total. The highest BCUT2D eigenvalue weighted by atomic mass is 35.5. The molecule has 0 saturated heterocycles. The van der Waals surface area contributed by atoms with E-state index >= 15 is 0 Å². The van der Waals surface area contributed by atoms with Crippen LogP contribution in [-0.2, 0) is 16.0 Å². The smallest absolute Gasteiger partial charge is 0.509 e. The Labute approximate surface area is 299 Å². The number of aliphatic hydroxyl groups excluding tert-OH is 1. The molecule has 2 saturated carbocycles. The van der Waals surface area contributed by atoms with Crippen LogP contribution in [-0.4, -0.2) is 35.1 Å². The molecule has 2 fully saturated rings. The molecule has 0 radical (unpaired) electrons. The largest absolute Gasteiger partial charge is 0.573 e. The Morgan fingerprint density at radius 2 is 1.20 bits per heavy atom. The maximum absolute atomic E-state index is 12.4. The van der Waals surface area contributed by atoms with Crippen molar-refractivity contribution < 1.29 is 50.5 Å². The molecule has 5 rings (SSSR count). The molecule has 2 N–H and O–H groups in total. The van der Waals surface area contributed by atoms with Gasteiger partial charge in [-0.25, -0.2) is 0 Å². The molecule has 0 atom stereocenters. The van der Waals surface area contributed by atoms with Gasteiger partial charge in [0, 0.05) is 28.5 Å². The van der Waals surface area contributed by atoms with Gasteiger partial charge in [0.1, 0.15) is 23.0 Å². The number of alkyl halides is 6. The number of carbonyl (C=O) groups excluding carboxylic acids is 2. The van der Waals surface area contributed by atoms with Crippen LogP contribution in [0.25, 0.3) is 5.57 Å². The Morgan fingerprint density at radius 3 is 1.65 bits per heavy atom. The number of ketones is 1. The number of amides is 1. The number of carbonyl (C=O) groups is 2. The van der Waals surface area contributed by atoms with Gasteiger partial charge in [-0.1, -0.05) is 91.9 Å². The summed E-state index contributed by atoms with van der Waals surface area (Å²) in [5, 5.41) is 13.0. The molecule has 1 heterocycles. The van der Waals surface area contributed by atoms with Crippen molar-refractivity contribution >= 4 is 63.7 Å². The lowest BCUT2D eigenvalue weighted by atomic mass is 9.72. The van der Waals surface area contributed by atoms with Gasteiger partial charge in [0.05, 0.1) is 21.2 Å². The number of halogens is 10. The zero-order valence-corrected chi connectivity index (χ0v) is 29.2. The lowest BCUT2D eigenvalue weighted by Crippen LogP contribution is -2.46. The minimum absolute atomic E-state index is 0.00361. The van der Waals surface area contributed by atoms with E-state index < -0.39 is 35.7 Å². The van der Waals surface area contributed by atoms with Crippen LogP contribution in [0.4, 0.5) is 26.3 Å². The van der Waals surface area contributed by atoms with Crippen molar-refractivity contribution in [1.29, 1.82) is 0 Å². The molecule has 1 aliphatic heterocycles. The summed E-state index contributed by atoms with van der Waals surface area (Å²) in [5.41, 5.74) is -0.616. The van der Waals surface area contributed by atoms with Crippen LogP contribution in [0.3, 0.4) is 0 Å². The summed E-state index contributed by atoms with van der Waals surface area (Å²) in [7, 11) is 0. The van der Waals surface area contributed by atoms with E-state index in [0.29, 0.717) is 24.8 Å².